The molecule has 1 aromatic carbocycles. The Morgan fingerprint density at radius 1 is 1.11 bits per heavy atom. The molecule has 1 aliphatic carbocycles. The molecule has 0 bridgehead atoms. The number of amides is 1. The van der Waals surface area contributed by atoms with Gasteiger partial charge in [0.25, 0.3) is 5.91 Å². The quantitative estimate of drug-likeness (QED) is 0.524. The third kappa shape index (κ3) is 6.45. The minimum Gasteiger partial charge on any atom is -0.482 e. The molecule has 1 aromatic rings. The van der Waals surface area contributed by atoms with Crippen LogP contribution in [0.25, 0.3) is 0 Å². The summed E-state index contributed by atoms with van der Waals surface area (Å²) < 4.78 is 11.2. The van der Waals surface area contributed by atoms with Gasteiger partial charge >= 0.3 is 5.97 Å². The molecule has 150 valence electrons. The number of esters is 1. The standard InChI is InChI=1S/C21H32N2O4/c1-3-12-23(13-4-2)20(24)15-26-19-14-16(10-11-18(19)22)21(25)27-17-8-6-5-7-9-17/h10-11,14,17H,3-9,12-13,15,22H2,1-2H3. The van der Waals surface area contributed by atoms with Crippen LogP contribution in [0.2, 0.25) is 0 Å². The Hall–Kier alpha value is -2.24. The Kier molecular flexibility index (Phi) is 8.43. The summed E-state index contributed by atoms with van der Waals surface area (Å²) in [4.78, 5) is 26.5. The number of anilines is 1. The summed E-state index contributed by atoms with van der Waals surface area (Å²) in [6.07, 6.45) is 7.03. The number of carbonyl (C=O) groups excluding carboxylic acids is 2. The van der Waals surface area contributed by atoms with Gasteiger partial charge in [0.05, 0.1) is 11.3 Å². The van der Waals surface area contributed by atoms with E-state index >= 15 is 0 Å². The van der Waals surface area contributed by atoms with Gasteiger partial charge in [0.15, 0.2) is 6.61 Å². The average molecular weight is 376 g/mol. The Bertz CT molecular complexity index is 621. The molecule has 6 heteroatoms. The zero-order chi connectivity index (χ0) is 19.6. The van der Waals surface area contributed by atoms with Crippen LogP contribution in [0.1, 0.15) is 69.2 Å². The number of nitrogen functional groups attached to an aromatic ring is 1. The van der Waals surface area contributed by atoms with Crippen molar-refractivity contribution < 1.29 is 19.1 Å². The molecule has 1 fully saturated rings. The van der Waals surface area contributed by atoms with E-state index < -0.39 is 0 Å². The first-order valence-corrected chi connectivity index (χ1v) is 10.1. The highest BCUT2D eigenvalue weighted by atomic mass is 16.5. The zero-order valence-corrected chi connectivity index (χ0v) is 16.5. The summed E-state index contributed by atoms with van der Waals surface area (Å²) in [6.45, 7) is 5.40. The largest absolute Gasteiger partial charge is 0.482 e. The van der Waals surface area contributed by atoms with E-state index in [2.05, 4.69) is 0 Å². The maximum atomic E-state index is 12.4. The van der Waals surface area contributed by atoms with E-state index in [-0.39, 0.29) is 24.6 Å². The van der Waals surface area contributed by atoms with Gasteiger partial charge < -0.3 is 20.1 Å². The lowest BCUT2D eigenvalue weighted by Crippen LogP contribution is -2.36. The lowest BCUT2D eigenvalue weighted by atomic mass is 9.98. The molecule has 2 N–H and O–H groups in total. The van der Waals surface area contributed by atoms with Gasteiger partial charge in [-0.2, -0.15) is 0 Å². The van der Waals surface area contributed by atoms with Crippen LogP contribution in [0, 0.1) is 0 Å². The Balaban J connectivity index is 1.97. The number of hydrogen-bond donors (Lipinski definition) is 1. The van der Waals surface area contributed by atoms with E-state index in [0.717, 1.165) is 38.5 Å². The number of benzene rings is 1. The Labute approximate surface area is 162 Å². The summed E-state index contributed by atoms with van der Waals surface area (Å²) in [5.74, 6) is -0.0978. The molecule has 1 amide bonds. The monoisotopic (exact) mass is 376 g/mol. The van der Waals surface area contributed by atoms with Gasteiger partial charge in [0.2, 0.25) is 0 Å². The van der Waals surface area contributed by atoms with Gasteiger partial charge in [-0.05, 0) is 56.7 Å². The predicted octanol–water partition coefficient (Wildman–Crippen LogP) is 3.79. The van der Waals surface area contributed by atoms with Crippen molar-refractivity contribution in [1.82, 2.24) is 4.90 Å². The van der Waals surface area contributed by atoms with Crippen molar-refractivity contribution >= 4 is 17.6 Å². The predicted molar refractivity (Wildman–Crippen MR) is 106 cm³/mol. The second-order valence-electron chi connectivity index (χ2n) is 7.09. The van der Waals surface area contributed by atoms with Crippen molar-refractivity contribution in [3.05, 3.63) is 23.8 Å². The van der Waals surface area contributed by atoms with Crippen molar-refractivity contribution in [2.24, 2.45) is 0 Å². The first-order valence-electron chi connectivity index (χ1n) is 10.1. The number of hydrogen-bond acceptors (Lipinski definition) is 5. The van der Waals surface area contributed by atoms with E-state index in [1.54, 1.807) is 23.1 Å². The number of rotatable bonds is 9. The Morgan fingerprint density at radius 3 is 2.41 bits per heavy atom. The molecular formula is C21H32N2O4. The van der Waals surface area contributed by atoms with Gasteiger partial charge in [-0.3, -0.25) is 4.79 Å². The molecule has 0 unspecified atom stereocenters. The minimum absolute atomic E-state index is 0.00797. The van der Waals surface area contributed by atoms with E-state index in [0.29, 0.717) is 30.1 Å². The summed E-state index contributed by atoms with van der Waals surface area (Å²) in [6, 6.07) is 4.82. The molecular weight excluding hydrogens is 344 g/mol. The summed E-state index contributed by atoms with van der Waals surface area (Å²) in [5.41, 5.74) is 6.75. The van der Waals surface area contributed by atoms with Crippen LogP contribution in [-0.4, -0.2) is 42.6 Å². The molecule has 0 spiro atoms. The van der Waals surface area contributed by atoms with Crippen molar-refractivity contribution in [2.75, 3.05) is 25.4 Å². The molecule has 0 atom stereocenters. The third-order valence-corrected chi connectivity index (χ3v) is 4.77. The molecule has 2 rings (SSSR count). The van der Waals surface area contributed by atoms with Crippen molar-refractivity contribution in [3.63, 3.8) is 0 Å². The number of nitrogens with zero attached hydrogens (tertiary/aromatic N) is 1. The molecule has 0 saturated heterocycles. The topological polar surface area (TPSA) is 81.9 Å². The van der Waals surface area contributed by atoms with Crippen LogP contribution in [0.5, 0.6) is 5.75 Å². The molecule has 1 saturated carbocycles. The lowest BCUT2D eigenvalue weighted by molar-refractivity contribution is -0.133. The Morgan fingerprint density at radius 2 is 1.78 bits per heavy atom. The van der Waals surface area contributed by atoms with Crippen molar-refractivity contribution in [1.29, 1.82) is 0 Å². The molecule has 0 heterocycles. The highest BCUT2D eigenvalue weighted by Crippen LogP contribution is 2.25. The van der Waals surface area contributed by atoms with Crippen LogP contribution in [0.3, 0.4) is 0 Å². The van der Waals surface area contributed by atoms with Crippen LogP contribution in [-0.2, 0) is 9.53 Å². The fourth-order valence-corrected chi connectivity index (χ4v) is 3.32. The second kappa shape index (κ2) is 10.8. The molecule has 0 aliphatic heterocycles. The minimum atomic E-state index is -0.364. The smallest absolute Gasteiger partial charge is 0.338 e. The highest BCUT2D eigenvalue weighted by molar-refractivity contribution is 5.91. The summed E-state index contributed by atoms with van der Waals surface area (Å²) in [5, 5.41) is 0. The molecule has 27 heavy (non-hydrogen) atoms. The molecule has 0 aromatic heterocycles. The number of carbonyl (C=O) groups is 2. The zero-order valence-electron chi connectivity index (χ0n) is 16.5. The first-order chi connectivity index (χ1) is 13.0. The van der Waals surface area contributed by atoms with E-state index in [4.69, 9.17) is 15.2 Å². The van der Waals surface area contributed by atoms with E-state index in [1.165, 1.54) is 6.42 Å². The van der Waals surface area contributed by atoms with Crippen LogP contribution >= 0.6 is 0 Å². The van der Waals surface area contributed by atoms with Crippen LogP contribution < -0.4 is 10.5 Å². The van der Waals surface area contributed by atoms with Gasteiger partial charge in [0, 0.05) is 13.1 Å². The van der Waals surface area contributed by atoms with Gasteiger partial charge in [-0.15, -0.1) is 0 Å². The number of nitrogens with two attached hydrogens (primary N) is 1. The SMILES string of the molecule is CCCN(CCC)C(=O)COc1cc(C(=O)OC2CCCCC2)ccc1N. The van der Waals surface area contributed by atoms with Crippen molar-refractivity contribution in [3.8, 4) is 5.75 Å². The normalized spacial score (nSPS) is 14.6. The highest BCUT2D eigenvalue weighted by Gasteiger charge is 2.20. The summed E-state index contributed by atoms with van der Waals surface area (Å²) >= 11 is 0. The molecule has 1 aliphatic rings. The van der Waals surface area contributed by atoms with Gasteiger partial charge in [-0.1, -0.05) is 20.3 Å². The van der Waals surface area contributed by atoms with Crippen LogP contribution in [0.15, 0.2) is 18.2 Å². The van der Waals surface area contributed by atoms with Gasteiger partial charge in [-0.25, -0.2) is 4.79 Å². The fraction of sp³-hybridized carbons (Fsp3) is 0.619. The average Bonchev–Trinajstić information content (AvgIpc) is 2.67. The lowest BCUT2D eigenvalue weighted by Gasteiger charge is -2.22. The van der Waals surface area contributed by atoms with Crippen LogP contribution in [0.4, 0.5) is 5.69 Å². The third-order valence-electron chi connectivity index (χ3n) is 4.77. The second-order valence-corrected chi connectivity index (χ2v) is 7.09. The fourth-order valence-electron chi connectivity index (χ4n) is 3.32. The van der Waals surface area contributed by atoms with Gasteiger partial charge in [0.1, 0.15) is 11.9 Å². The maximum Gasteiger partial charge on any atom is 0.338 e. The number of ether oxygens (including phenoxy) is 2. The molecule has 6 nitrogen and oxygen atoms in total. The van der Waals surface area contributed by atoms with Crippen molar-refractivity contribution in [2.45, 2.75) is 64.9 Å². The maximum absolute atomic E-state index is 12.4. The first kappa shape index (κ1) is 21.1. The van der Waals surface area contributed by atoms with E-state index in [9.17, 15) is 9.59 Å². The molecule has 0 radical (unpaired) electrons. The summed E-state index contributed by atoms with van der Waals surface area (Å²) in [7, 11) is 0. The van der Waals surface area contributed by atoms with E-state index in [1.807, 2.05) is 13.8 Å².